The Bertz CT molecular complexity index is 646. The van der Waals surface area contributed by atoms with Gasteiger partial charge in [0.25, 0.3) is 0 Å². The van der Waals surface area contributed by atoms with Crippen molar-refractivity contribution in [2.45, 2.75) is 12.3 Å². The van der Waals surface area contributed by atoms with E-state index in [1.165, 1.54) is 12.1 Å². The maximum atomic E-state index is 13.4. The molecule has 1 atom stereocenters. The van der Waals surface area contributed by atoms with Crippen LogP contribution >= 0.6 is 27.5 Å². The second kappa shape index (κ2) is 6.37. The van der Waals surface area contributed by atoms with Crippen molar-refractivity contribution < 1.29 is 14.3 Å². The Morgan fingerprint density at radius 3 is 2.65 bits per heavy atom. The maximum absolute atomic E-state index is 13.4. The molecule has 20 heavy (non-hydrogen) atoms. The number of hydrogen-bond acceptors (Lipinski definition) is 1. The Morgan fingerprint density at radius 2 is 2.00 bits per heavy atom. The summed E-state index contributed by atoms with van der Waals surface area (Å²) in [4.78, 5) is 11.5. The highest BCUT2D eigenvalue weighted by atomic mass is 79.9. The molecule has 0 saturated heterocycles. The van der Waals surface area contributed by atoms with Gasteiger partial charge in [0, 0.05) is 4.47 Å². The summed E-state index contributed by atoms with van der Waals surface area (Å²) in [7, 11) is 0. The van der Waals surface area contributed by atoms with Crippen molar-refractivity contribution >= 4 is 33.5 Å². The number of halogens is 3. The molecule has 0 heterocycles. The Balaban J connectivity index is 2.36. The first kappa shape index (κ1) is 15.0. The van der Waals surface area contributed by atoms with Crippen LogP contribution in [-0.2, 0) is 11.2 Å². The lowest BCUT2D eigenvalue weighted by Crippen LogP contribution is -2.15. The fourth-order valence-electron chi connectivity index (χ4n) is 2.00. The lowest BCUT2D eigenvalue weighted by atomic mass is 9.92. The van der Waals surface area contributed by atoms with E-state index in [-0.39, 0.29) is 11.4 Å². The largest absolute Gasteiger partial charge is 0.481 e. The minimum absolute atomic E-state index is 0.0197. The Hall–Kier alpha value is -1.39. The van der Waals surface area contributed by atoms with Crippen LogP contribution in [-0.4, -0.2) is 11.1 Å². The van der Waals surface area contributed by atoms with E-state index in [0.29, 0.717) is 11.1 Å². The molecule has 0 aliphatic carbocycles. The second-order valence-corrected chi connectivity index (χ2v) is 5.66. The predicted molar refractivity (Wildman–Crippen MR) is 79.6 cm³/mol. The lowest BCUT2D eigenvalue weighted by Gasteiger charge is -2.14. The molecule has 2 aromatic rings. The van der Waals surface area contributed by atoms with E-state index < -0.39 is 17.7 Å². The second-order valence-electron chi connectivity index (χ2n) is 4.36. The van der Waals surface area contributed by atoms with Crippen LogP contribution in [0.1, 0.15) is 17.0 Å². The normalized spacial score (nSPS) is 12.2. The van der Waals surface area contributed by atoms with Gasteiger partial charge in [0.05, 0.1) is 10.9 Å². The first-order chi connectivity index (χ1) is 9.49. The Kier molecular flexibility index (Phi) is 4.78. The van der Waals surface area contributed by atoms with Crippen LogP contribution in [0, 0.1) is 5.82 Å². The van der Waals surface area contributed by atoms with Crippen molar-refractivity contribution in [3.05, 3.63) is 68.9 Å². The summed E-state index contributed by atoms with van der Waals surface area (Å²) in [6.45, 7) is 0. The highest BCUT2D eigenvalue weighted by Gasteiger charge is 2.22. The fraction of sp³-hybridized carbons (Fsp3) is 0.133. The van der Waals surface area contributed by atoms with Gasteiger partial charge < -0.3 is 5.11 Å². The SMILES string of the molecule is O=C(O)C(Cc1cccc(F)c1Cl)c1cccc(Br)c1. The van der Waals surface area contributed by atoms with Crippen LogP contribution in [0.3, 0.4) is 0 Å². The van der Waals surface area contributed by atoms with Gasteiger partial charge in [0.2, 0.25) is 0 Å². The van der Waals surface area contributed by atoms with Crippen molar-refractivity contribution in [1.29, 1.82) is 0 Å². The molecule has 0 bridgehead atoms. The monoisotopic (exact) mass is 356 g/mol. The van der Waals surface area contributed by atoms with Gasteiger partial charge in [-0.2, -0.15) is 0 Å². The Labute approximate surface area is 129 Å². The molecular formula is C15H11BrClFO2. The molecule has 104 valence electrons. The number of aliphatic carboxylic acids is 1. The summed E-state index contributed by atoms with van der Waals surface area (Å²) >= 11 is 9.20. The van der Waals surface area contributed by atoms with Crippen molar-refractivity contribution in [3.8, 4) is 0 Å². The van der Waals surface area contributed by atoms with Crippen molar-refractivity contribution in [2.75, 3.05) is 0 Å². The number of carboxylic acids is 1. The first-order valence-corrected chi connectivity index (χ1v) is 7.07. The summed E-state index contributed by atoms with van der Waals surface area (Å²) in [5, 5.41) is 9.37. The fourth-order valence-corrected chi connectivity index (χ4v) is 2.62. The first-order valence-electron chi connectivity index (χ1n) is 5.90. The zero-order valence-electron chi connectivity index (χ0n) is 10.3. The van der Waals surface area contributed by atoms with Gasteiger partial charge >= 0.3 is 5.97 Å². The highest BCUT2D eigenvalue weighted by molar-refractivity contribution is 9.10. The number of benzene rings is 2. The van der Waals surface area contributed by atoms with Crippen LogP contribution in [0.15, 0.2) is 46.9 Å². The third kappa shape index (κ3) is 3.38. The van der Waals surface area contributed by atoms with Crippen LogP contribution in [0.2, 0.25) is 5.02 Å². The number of carboxylic acid groups (broad SMARTS) is 1. The van der Waals surface area contributed by atoms with Crippen molar-refractivity contribution in [2.24, 2.45) is 0 Å². The van der Waals surface area contributed by atoms with Gasteiger partial charge in [-0.05, 0) is 35.7 Å². The molecule has 1 unspecified atom stereocenters. The van der Waals surface area contributed by atoms with Crippen molar-refractivity contribution in [1.82, 2.24) is 0 Å². The lowest BCUT2D eigenvalue weighted by molar-refractivity contribution is -0.138. The van der Waals surface area contributed by atoms with E-state index in [1.54, 1.807) is 24.3 Å². The smallest absolute Gasteiger partial charge is 0.311 e. The van der Waals surface area contributed by atoms with Gasteiger partial charge in [-0.25, -0.2) is 4.39 Å². The molecule has 1 N–H and O–H groups in total. The molecule has 0 aromatic heterocycles. The summed E-state index contributed by atoms with van der Waals surface area (Å²) in [6.07, 6.45) is 0.141. The Morgan fingerprint density at radius 1 is 1.30 bits per heavy atom. The van der Waals surface area contributed by atoms with Crippen LogP contribution in [0.5, 0.6) is 0 Å². The molecule has 0 aliphatic rings. The van der Waals surface area contributed by atoms with Gasteiger partial charge in [0.15, 0.2) is 0 Å². The zero-order valence-corrected chi connectivity index (χ0v) is 12.7. The summed E-state index contributed by atoms with van der Waals surface area (Å²) in [6, 6.07) is 11.5. The summed E-state index contributed by atoms with van der Waals surface area (Å²) < 4.78 is 14.2. The molecule has 2 nitrogen and oxygen atoms in total. The van der Waals surface area contributed by atoms with E-state index in [2.05, 4.69) is 15.9 Å². The van der Waals surface area contributed by atoms with E-state index in [0.717, 1.165) is 4.47 Å². The molecule has 0 spiro atoms. The minimum Gasteiger partial charge on any atom is -0.481 e. The molecule has 0 fully saturated rings. The highest BCUT2D eigenvalue weighted by Crippen LogP contribution is 2.28. The molecule has 5 heteroatoms. The molecular weight excluding hydrogens is 347 g/mol. The van der Waals surface area contributed by atoms with Gasteiger partial charge in [-0.1, -0.05) is 51.8 Å². The summed E-state index contributed by atoms with van der Waals surface area (Å²) in [5.74, 6) is -2.28. The maximum Gasteiger partial charge on any atom is 0.311 e. The molecule has 0 saturated carbocycles. The molecule has 0 radical (unpaired) electrons. The van der Waals surface area contributed by atoms with Crippen molar-refractivity contribution in [3.63, 3.8) is 0 Å². The van der Waals surface area contributed by atoms with Gasteiger partial charge in [-0.3, -0.25) is 4.79 Å². The number of rotatable bonds is 4. The average molecular weight is 358 g/mol. The quantitative estimate of drug-likeness (QED) is 0.864. The van der Waals surface area contributed by atoms with E-state index in [9.17, 15) is 14.3 Å². The van der Waals surface area contributed by atoms with Gasteiger partial charge in [0.1, 0.15) is 5.82 Å². The molecule has 2 rings (SSSR count). The van der Waals surface area contributed by atoms with Gasteiger partial charge in [-0.15, -0.1) is 0 Å². The topological polar surface area (TPSA) is 37.3 Å². The standard InChI is InChI=1S/C15H11BrClFO2/c16-11-5-1-3-9(7-11)12(15(19)20)8-10-4-2-6-13(18)14(10)17/h1-7,12H,8H2,(H,19,20). The number of carbonyl (C=O) groups is 1. The van der Waals surface area contributed by atoms with Crippen LogP contribution in [0.4, 0.5) is 4.39 Å². The van der Waals surface area contributed by atoms with E-state index in [1.807, 2.05) is 6.07 Å². The summed E-state index contributed by atoms with van der Waals surface area (Å²) in [5.41, 5.74) is 1.13. The molecule has 0 amide bonds. The predicted octanol–water partition coefficient (Wildman–Crippen LogP) is 4.65. The van der Waals surface area contributed by atoms with E-state index >= 15 is 0 Å². The van der Waals surface area contributed by atoms with E-state index in [4.69, 9.17) is 11.6 Å². The third-order valence-corrected chi connectivity index (χ3v) is 3.92. The van der Waals surface area contributed by atoms with Crippen LogP contribution < -0.4 is 0 Å². The minimum atomic E-state index is -0.969. The van der Waals surface area contributed by atoms with Crippen LogP contribution in [0.25, 0.3) is 0 Å². The zero-order chi connectivity index (χ0) is 14.7. The number of hydrogen-bond donors (Lipinski definition) is 1. The average Bonchev–Trinajstić information content (AvgIpc) is 2.40. The molecule has 2 aromatic carbocycles. The molecule has 0 aliphatic heterocycles. The third-order valence-electron chi connectivity index (χ3n) is 3.00.